The maximum atomic E-state index is 10.2. The van der Waals surface area contributed by atoms with Crippen molar-refractivity contribution in [1.82, 2.24) is 26.6 Å². The van der Waals surface area contributed by atoms with Crippen LogP contribution in [0.25, 0.3) is 29.4 Å². The van der Waals surface area contributed by atoms with E-state index in [0.717, 1.165) is 56.7 Å². The number of aromatic hydroxyl groups is 23. The van der Waals surface area contributed by atoms with Crippen molar-refractivity contribution in [3.05, 3.63) is 279 Å². The van der Waals surface area contributed by atoms with Gasteiger partial charge in [0.1, 0.15) is 4.38 Å². The van der Waals surface area contributed by atoms with Gasteiger partial charge in [-0.25, -0.2) is 0 Å². The Labute approximate surface area is 858 Å². The number of nitrogens with zero attached hydrogens (tertiary/aromatic N) is 1. The maximum Gasteiger partial charge on any atom is 0.200 e. The SMILES string of the molecule is C/C(=C\C(=S)NCc1cc(O)c(O)c(O)c1)c1cc(O)c(O)c(Br)c1.C/C(=C\C(=S)NCc1cc(O)c(O)c(O)c1)c1cc(O)c(O)c(Br)c1.CCC(NC(=S)/C=C/c1ccc(O)c(O)c1Br)c1cc(C)c(O)c(O)c1.Cc1cc(CNC(=S)/C=C/c2cc(O)c(O)c(CSCc3ccccc3)c2)cc(O)c1O.Oc1cc(CNC(=S)/C=C/c2cc(O)c(O)c(CSC3=NCCS3)c2)cc(O)c1O. The van der Waals surface area contributed by atoms with Crippen molar-refractivity contribution < 1.29 is 117 Å². The van der Waals surface area contributed by atoms with Gasteiger partial charge in [-0.1, -0.05) is 152 Å². The van der Waals surface area contributed by atoms with Crippen molar-refractivity contribution in [3.63, 3.8) is 0 Å². The van der Waals surface area contributed by atoms with Gasteiger partial charge in [0.2, 0.25) is 0 Å². The molecule has 11 aromatic carbocycles. The van der Waals surface area contributed by atoms with E-state index in [1.807, 2.05) is 31.2 Å². The summed E-state index contributed by atoms with van der Waals surface area (Å²) < 4.78 is 2.09. The first-order valence-electron chi connectivity index (χ1n) is 41.0. The van der Waals surface area contributed by atoms with Crippen molar-refractivity contribution in [2.24, 2.45) is 4.99 Å². The number of benzene rings is 11. The zero-order chi connectivity index (χ0) is 102. The van der Waals surface area contributed by atoms with Crippen LogP contribution in [0.1, 0.15) is 117 Å². The predicted octanol–water partition coefficient (Wildman–Crippen LogP) is 20.7. The molecule has 0 saturated heterocycles. The summed E-state index contributed by atoms with van der Waals surface area (Å²) >= 11 is 40.8. The summed E-state index contributed by atoms with van der Waals surface area (Å²) in [6.07, 6.45) is 14.3. The Bertz CT molecular complexity index is 6240. The smallest absolute Gasteiger partial charge is 0.200 e. The zero-order valence-electron chi connectivity index (χ0n) is 73.8. The number of hydrogen-bond donors (Lipinski definition) is 28. The molecule has 1 unspecified atom stereocenters. The summed E-state index contributed by atoms with van der Waals surface area (Å²) in [6, 6.07) is 40.1. The van der Waals surface area contributed by atoms with E-state index < -0.39 is 51.7 Å². The fourth-order valence-electron chi connectivity index (χ4n) is 12.4. The molecule has 1 atom stereocenters. The summed E-state index contributed by atoms with van der Waals surface area (Å²) in [5, 5.41) is 237. The molecular formula is C98H97Br3N6O23S8. The standard InChI is InChI=1S/C25H25NO4S2.C20H20N2O5S3.C19H20BrNO4S.2C17H16BrNO5S/c1-16-9-19(12-21(27)24(16)29)13-26-23(31)8-7-18-10-20(25(30)22(28)11-18)15-32-14-17-5-3-2-4-6-17;23-14-6-11(5-13(18(14)26)10-30-20-21-3-4-29-20)1-2-17(28)22-9-12-7-15(24)19(27)16(25)8-12;1-3-13(12-8-10(2)18(24)15(23)9-12)21-16(26)7-5-11-4-6-14(22)19(25)17(11)20;2*1-8(10-5-11(18)16(23)14(22)6-10)2-15(25)19-7-9-3-12(20)17(24)13(21)4-9/h2-12,27-30H,13-15H2,1H3,(H,26,31);1-2,5-8,23-27H,3-4,9-10H2,(H,22,28);4-9,13,22-25H,3H2,1-2H3,(H,21,26);2*2-6,20-24H,7H2,1H3,(H,19,25)/b8-7+;2-1+;7-5+;2*8-2+. The van der Waals surface area contributed by atoms with E-state index in [1.54, 1.807) is 136 Å². The van der Waals surface area contributed by atoms with Crippen LogP contribution >= 0.6 is 144 Å². The Hall–Kier alpha value is -12.9. The lowest BCUT2D eigenvalue weighted by atomic mass is 10.0. The van der Waals surface area contributed by atoms with Crippen LogP contribution in [0, 0.1) is 13.8 Å². The van der Waals surface area contributed by atoms with E-state index in [4.69, 9.17) is 61.1 Å². The Morgan fingerprint density at radius 1 is 0.384 bits per heavy atom. The molecule has 0 fully saturated rings. The highest BCUT2D eigenvalue weighted by Gasteiger charge is 2.21. The molecule has 12 rings (SSSR count). The molecule has 11 aromatic rings. The largest absolute Gasteiger partial charge is 0.504 e. The van der Waals surface area contributed by atoms with Gasteiger partial charge in [0.15, 0.2) is 132 Å². The van der Waals surface area contributed by atoms with Crippen LogP contribution in [-0.4, -0.2) is 159 Å². The van der Waals surface area contributed by atoms with Gasteiger partial charge >= 0.3 is 0 Å². The maximum absolute atomic E-state index is 10.2. The number of nitrogens with one attached hydrogen (secondary N) is 5. The highest BCUT2D eigenvalue weighted by atomic mass is 79.9. The molecule has 0 aliphatic carbocycles. The zero-order valence-corrected chi connectivity index (χ0v) is 85.1. The molecule has 29 nitrogen and oxygen atoms in total. The molecular weight excluding hydrogens is 2130 g/mol. The van der Waals surface area contributed by atoms with Gasteiger partial charge < -0.3 is 144 Å². The summed E-state index contributed by atoms with van der Waals surface area (Å²) in [5.74, 6) is -3.98. The molecule has 1 aliphatic rings. The van der Waals surface area contributed by atoms with E-state index >= 15 is 0 Å². The number of phenolic OH excluding ortho intramolecular Hbond substituents is 23. The van der Waals surface area contributed by atoms with Crippen molar-refractivity contribution >= 4 is 203 Å². The Kier molecular flexibility index (Phi) is 42.1. The second-order valence-corrected chi connectivity index (χ2v) is 38.3. The first-order chi connectivity index (χ1) is 65.3. The van der Waals surface area contributed by atoms with Gasteiger partial charge in [0.05, 0.1) is 50.9 Å². The van der Waals surface area contributed by atoms with Crippen LogP contribution in [0.15, 0.2) is 200 Å². The first kappa shape index (κ1) is 110. The number of rotatable bonds is 27. The van der Waals surface area contributed by atoms with Crippen molar-refractivity contribution in [1.29, 1.82) is 0 Å². The Balaban J connectivity index is 0.000000212. The molecule has 1 heterocycles. The van der Waals surface area contributed by atoms with E-state index in [2.05, 4.69) is 91.5 Å². The first-order valence-corrected chi connectivity index (χ1v) is 48.6. The quantitative estimate of drug-likeness (QED) is 0.0129. The summed E-state index contributed by atoms with van der Waals surface area (Å²) in [5.41, 5.74) is 11.7. The number of allylic oxidation sites excluding steroid dienone is 2. The third-order valence-electron chi connectivity index (χ3n) is 19.8. The van der Waals surface area contributed by atoms with E-state index in [-0.39, 0.29) is 106 Å². The van der Waals surface area contributed by atoms with Gasteiger partial charge in [-0.05, 0) is 305 Å². The molecule has 0 bridgehead atoms. The van der Waals surface area contributed by atoms with Crippen LogP contribution in [0.3, 0.4) is 0 Å². The minimum atomic E-state index is -0.570. The van der Waals surface area contributed by atoms with Crippen LogP contribution < -0.4 is 26.6 Å². The number of thiocarbonyl (C=S) groups is 5. The summed E-state index contributed by atoms with van der Waals surface area (Å²) in [7, 11) is 0. The lowest BCUT2D eigenvalue weighted by molar-refractivity contribution is 0.367. The third kappa shape index (κ3) is 33.2. The van der Waals surface area contributed by atoms with Gasteiger partial charge in [0, 0.05) is 60.3 Å². The average molecular weight is 2220 g/mol. The van der Waals surface area contributed by atoms with E-state index in [9.17, 15) is 117 Å². The predicted molar refractivity (Wildman–Crippen MR) is 574 cm³/mol. The molecule has 0 amide bonds. The van der Waals surface area contributed by atoms with Gasteiger partial charge in [-0.3, -0.25) is 4.99 Å². The summed E-state index contributed by atoms with van der Waals surface area (Å²) in [4.78, 5) is 6.49. The molecule has 0 radical (unpaired) electrons. The van der Waals surface area contributed by atoms with Gasteiger partial charge in [0.25, 0.3) is 0 Å². The number of aryl methyl sites for hydroxylation is 2. The highest BCUT2D eigenvalue weighted by Crippen LogP contribution is 2.44. The number of hydrogen-bond acceptors (Lipinski definition) is 32. The van der Waals surface area contributed by atoms with Crippen molar-refractivity contribution in [3.8, 4) is 132 Å². The molecule has 0 aromatic heterocycles. The minimum Gasteiger partial charge on any atom is -0.504 e. The molecule has 40 heteroatoms. The normalized spacial score (nSPS) is 11.9. The number of phenols is 23. The fourth-order valence-corrected chi connectivity index (χ4v) is 17.7. The number of halogens is 3. The van der Waals surface area contributed by atoms with Crippen molar-refractivity contribution in [2.75, 3.05) is 12.3 Å². The van der Waals surface area contributed by atoms with Crippen LogP contribution in [0.5, 0.6) is 132 Å². The van der Waals surface area contributed by atoms with Gasteiger partial charge in [-0.15, -0.1) is 0 Å². The van der Waals surface area contributed by atoms with E-state index in [1.165, 1.54) is 96.2 Å². The third-order valence-corrected chi connectivity index (χ3v) is 26.5. The number of thioether (sulfide) groups is 3. The molecule has 0 spiro atoms. The molecule has 138 heavy (non-hydrogen) atoms. The van der Waals surface area contributed by atoms with Crippen molar-refractivity contribution in [2.45, 2.75) is 90.5 Å². The molecule has 1 aliphatic heterocycles. The molecule has 28 N–H and O–H groups in total. The molecule has 726 valence electrons. The fraction of sp³-hybridized carbons (Fsp3) is 0.163. The monoisotopic (exact) mass is 2220 g/mol. The average Bonchev–Trinajstić information content (AvgIpc) is 0.925. The Morgan fingerprint density at radius 3 is 1.17 bits per heavy atom. The van der Waals surface area contributed by atoms with Crippen LogP contribution in [-0.2, 0) is 43.4 Å². The Morgan fingerprint density at radius 2 is 0.768 bits per heavy atom. The van der Waals surface area contributed by atoms with E-state index in [0.29, 0.717) is 118 Å². The lowest BCUT2D eigenvalue weighted by Crippen LogP contribution is -2.25. The highest BCUT2D eigenvalue weighted by molar-refractivity contribution is 9.11. The summed E-state index contributed by atoms with van der Waals surface area (Å²) in [6.45, 7) is 10.9. The van der Waals surface area contributed by atoms with Gasteiger partial charge in [-0.2, -0.15) is 11.8 Å². The molecule has 0 saturated carbocycles. The topological polar surface area (TPSA) is 538 Å². The second kappa shape index (κ2) is 52.6. The van der Waals surface area contributed by atoms with Crippen LogP contribution in [0.4, 0.5) is 0 Å². The number of aliphatic imine (C=N–C) groups is 1. The lowest BCUT2D eigenvalue weighted by Gasteiger charge is -2.19. The second-order valence-electron chi connectivity index (χ2n) is 30.3. The van der Waals surface area contributed by atoms with Crippen LogP contribution in [0.2, 0.25) is 0 Å². The minimum absolute atomic E-state index is 0.106.